The van der Waals surface area contributed by atoms with Crippen LogP contribution >= 0.6 is 0 Å². The summed E-state index contributed by atoms with van der Waals surface area (Å²) in [5.41, 5.74) is 2.23. The van der Waals surface area contributed by atoms with Crippen molar-refractivity contribution in [3.05, 3.63) is 65.2 Å². The van der Waals surface area contributed by atoms with Gasteiger partial charge in [-0.1, -0.05) is 18.2 Å². The van der Waals surface area contributed by atoms with Crippen LogP contribution in [0.1, 0.15) is 30.0 Å². The van der Waals surface area contributed by atoms with Crippen LogP contribution < -0.4 is 4.90 Å². The third-order valence-electron chi connectivity index (χ3n) is 5.15. The van der Waals surface area contributed by atoms with Gasteiger partial charge in [0.05, 0.1) is 12.0 Å². The Kier molecular flexibility index (Phi) is 5.75. The summed E-state index contributed by atoms with van der Waals surface area (Å²) in [6.45, 7) is 1.01. The van der Waals surface area contributed by atoms with Crippen LogP contribution in [-0.2, 0) is 4.79 Å². The molecule has 144 valence electrons. The van der Waals surface area contributed by atoms with E-state index in [1.165, 1.54) is 12.1 Å². The van der Waals surface area contributed by atoms with E-state index in [1.807, 2.05) is 48.2 Å². The van der Waals surface area contributed by atoms with Crippen molar-refractivity contribution in [2.75, 3.05) is 32.1 Å². The maximum absolute atomic E-state index is 14.6. The first-order valence-corrected chi connectivity index (χ1v) is 9.06. The smallest absolute Gasteiger partial charge is 0.307 e. The molecule has 2 atom stereocenters. The highest BCUT2D eigenvalue weighted by Gasteiger charge is 2.32. The largest absolute Gasteiger partial charge is 0.481 e. The number of carboxylic acid groups (broad SMARTS) is 1. The highest BCUT2D eigenvalue weighted by atomic mass is 19.1. The molecule has 2 unspecified atom stereocenters. The third kappa shape index (κ3) is 4.27. The number of halogens is 2. The molecule has 2 aromatic carbocycles. The minimum absolute atomic E-state index is 0.340. The van der Waals surface area contributed by atoms with E-state index in [2.05, 4.69) is 0 Å². The van der Waals surface area contributed by atoms with Crippen LogP contribution in [0.25, 0.3) is 0 Å². The van der Waals surface area contributed by atoms with E-state index < -0.39 is 29.6 Å². The molecular weight excluding hydrogens is 350 g/mol. The molecule has 0 bridgehead atoms. The van der Waals surface area contributed by atoms with Crippen molar-refractivity contribution in [2.45, 2.75) is 18.9 Å². The summed E-state index contributed by atoms with van der Waals surface area (Å²) in [7, 11) is 3.88. The predicted octanol–water partition coefficient (Wildman–Crippen LogP) is 3.92. The highest BCUT2D eigenvalue weighted by Crippen LogP contribution is 2.35. The van der Waals surface area contributed by atoms with E-state index in [9.17, 15) is 18.7 Å². The standard InChI is InChI=1S/C21H24F2N2O2/c1-24(2)17-8-5-14(6-9-17)20(18-10-7-16(22)12-19(18)23)25-11-3-4-15(13-25)21(26)27/h5-10,12,15,20H,3-4,11,13H2,1-2H3,(H,26,27). The van der Waals surface area contributed by atoms with Crippen molar-refractivity contribution in [3.63, 3.8) is 0 Å². The number of rotatable bonds is 5. The van der Waals surface area contributed by atoms with Crippen molar-refractivity contribution in [2.24, 2.45) is 5.92 Å². The fourth-order valence-corrected chi connectivity index (χ4v) is 3.71. The maximum Gasteiger partial charge on any atom is 0.307 e. The lowest BCUT2D eigenvalue weighted by atomic mass is 9.91. The molecule has 1 heterocycles. The lowest BCUT2D eigenvalue weighted by Crippen LogP contribution is -2.41. The van der Waals surface area contributed by atoms with Gasteiger partial charge in [0.15, 0.2) is 0 Å². The second-order valence-electron chi connectivity index (χ2n) is 7.23. The number of likely N-dealkylation sites (tertiary alicyclic amines) is 1. The Morgan fingerprint density at radius 1 is 1.19 bits per heavy atom. The second kappa shape index (κ2) is 8.05. The van der Waals surface area contributed by atoms with Gasteiger partial charge < -0.3 is 10.0 Å². The lowest BCUT2D eigenvalue weighted by Gasteiger charge is -2.37. The van der Waals surface area contributed by atoms with Gasteiger partial charge in [0, 0.05) is 38.0 Å². The molecule has 1 N–H and O–H groups in total. The van der Waals surface area contributed by atoms with Gasteiger partial charge in [-0.25, -0.2) is 8.78 Å². The number of hydrogen-bond acceptors (Lipinski definition) is 3. The quantitative estimate of drug-likeness (QED) is 0.862. The molecule has 0 amide bonds. The predicted molar refractivity (Wildman–Crippen MR) is 101 cm³/mol. The molecular formula is C21H24F2N2O2. The molecule has 0 aromatic heterocycles. The zero-order valence-electron chi connectivity index (χ0n) is 15.5. The molecule has 0 spiro atoms. The topological polar surface area (TPSA) is 43.8 Å². The van der Waals surface area contributed by atoms with E-state index in [0.29, 0.717) is 25.1 Å². The average Bonchev–Trinajstić information content (AvgIpc) is 2.64. The van der Waals surface area contributed by atoms with E-state index in [-0.39, 0.29) is 0 Å². The van der Waals surface area contributed by atoms with Gasteiger partial charge in [0.2, 0.25) is 0 Å². The summed E-state index contributed by atoms with van der Waals surface area (Å²) < 4.78 is 28.0. The molecule has 1 saturated heterocycles. The number of carbonyl (C=O) groups is 1. The Balaban J connectivity index is 2.02. The zero-order valence-corrected chi connectivity index (χ0v) is 15.5. The van der Waals surface area contributed by atoms with Crippen LogP contribution in [-0.4, -0.2) is 43.2 Å². The second-order valence-corrected chi connectivity index (χ2v) is 7.23. The molecule has 27 heavy (non-hydrogen) atoms. The fraction of sp³-hybridized carbons (Fsp3) is 0.381. The van der Waals surface area contributed by atoms with Gasteiger partial charge in [0.25, 0.3) is 0 Å². The lowest BCUT2D eigenvalue weighted by molar-refractivity contribution is -0.143. The highest BCUT2D eigenvalue weighted by molar-refractivity contribution is 5.70. The summed E-state index contributed by atoms with van der Waals surface area (Å²) in [6, 6.07) is 10.9. The van der Waals surface area contributed by atoms with Crippen molar-refractivity contribution < 1.29 is 18.7 Å². The van der Waals surface area contributed by atoms with Crippen molar-refractivity contribution in [3.8, 4) is 0 Å². The molecule has 0 aliphatic carbocycles. The molecule has 1 aliphatic heterocycles. The maximum atomic E-state index is 14.6. The molecule has 2 aromatic rings. The van der Waals surface area contributed by atoms with Gasteiger partial charge in [-0.3, -0.25) is 9.69 Å². The van der Waals surface area contributed by atoms with Gasteiger partial charge in [-0.2, -0.15) is 0 Å². The van der Waals surface area contributed by atoms with Crippen LogP contribution in [0.2, 0.25) is 0 Å². The van der Waals surface area contributed by atoms with Crippen LogP contribution in [0.4, 0.5) is 14.5 Å². The van der Waals surface area contributed by atoms with Crippen LogP contribution in [0.15, 0.2) is 42.5 Å². The minimum atomic E-state index is -0.832. The Hall–Kier alpha value is -2.47. The summed E-state index contributed by atoms with van der Waals surface area (Å²) >= 11 is 0. The van der Waals surface area contributed by atoms with Gasteiger partial charge in [-0.15, -0.1) is 0 Å². The van der Waals surface area contributed by atoms with E-state index in [1.54, 1.807) is 0 Å². The number of aliphatic carboxylic acids is 1. The molecule has 4 nitrogen and oxygen atoms in total. The molecule has 1 aliphatic rings. The molecule has 0 radical (unpaired) electrons. The number of nitrogens with zero attached hydrogens (tertiary/aromatic N) is 2. The minimum Gasteiger partial charge on any atom is -0.481 e. The van der Waals surface area contributed by atoms with E-state index in [0.717, 1.165) is 23.7 Å². The Bertz CT molecular complexity index is 808. The van der Waals surface area contributed by atoms with Crippen molar-refractivity contribution in [1.29, 1.82) is 0 Å². The van der Waals surface area contributed by atoms with Gasteiger partial charge >= 0.3 is 5.97 Å². The number of carboxylic acids is 1. The Morgan fingerprint density at radius 2 is 1.89 bits per heavy atom. The zero-order chi connectivity index (χ0) is 19.6. The van der Waals surface area contributed by atoms with Gasteiger partial charge in [-0.05, 0) is 43.1 Å². The fourth-order valence-electron chi connectivity index (χ4n) is 3.71. The first-order valence-electron chi connectivity index (χ1n) is 9.06. The molecule has 6 heteroatoms. The van der Waals surface area contributed by atoms with Crippen LogP contribution in [0.3, 0.4) is 0 Å². The van der Waals surface area contributed by atoms with Crippen molar-refractivity contribution >= 4 is 11.7 Å². The van der Waals surface area contributed by atoms with Crippen LogP contribution in [0, 0.1) is 17.6 Å². The SMILES string of the molecule is CN(C)c1ccc(C(c2ccc(F)cc2F)N2CCCC(C(=O)O)C2)cc1. The monoisotopic (exact) mass is 374 g/mol. The number of anilines is 1. The number of benzene rings is 2. The Labute approximate surface area is 158 Å². The molecule has 0 saturated carbocycles. The number of piperidine rings is 1. The normalized spacial score (nSPS) is 18.9. The first kappa shape index (κ1) is 19.3. The average molecular weight is 374 g/mol. The van der Waals surface area contributed by atoms with Crippen LogP contribution in [0.5, 0.6) is 0 Å². The van der Waals surface area contributed by atoms with E-state index >= 15 is 0 Å². The summed E-state index contributed by atoms with van der Waals surface area (Å²) in [6.07, 6.45) is 1.34. The van der Waals surface area contributed by atoms with Gasteiger partial charge in [0.1, 0.15) is 11.6 Å². The molecule has 1 fully saturated rings. The summed E-state index contributed by atoms with van der Waals surface area (Å²) in [4.78, 5) is 15.4. The summed E-state index contributed by atoms with van der Waals surface area (Å²) in [5.74, 6) is -2.55. The first-order chi connectivity index (χ1) is 12.9. The van der Waals surface area contributed by atoms with Crippen molar-refractivity contribution in [1.82, 2.24) is 4.90 Å². The third-order valence-corrected chi connectivity index (χ3v) is 5.15. The Morgan fingerprint density at radius 3 is 2.48 bits per heavy atom. The number of hydrogen-bond donors (Lipinski definition) is 1. The summed E-state index contributed by atoms with van der Waals surface area (Å²) in [5, 5.41) is 9.41. The van der Waals surface area contributed by atoms with E-state index in [4.69, 9.17) is 0 Å². The molecule has 3 rings (SSSR count).